The molecule has 0 bridgehead atoms. The Labute approximate surface area is 164 Å². The molecule has 28 heavy (non-hydrogen) atoms. The minimum atomic E-state index is -0.421. The average Bonchev–Trinajstić information content (AvgIpc) is 3.09. The van der Waals surface area contributed by atoms with E-state index in [9.17, 15) is 4.39 Å². The zero-order chi connectivity index (χ0) is 19.9. The van der Waals surface area contributed by atoms with E-state index in [2.05, 4.69) is 25.9 Å². The van der Waals surface area contributed by atoms with Crippen LogP contribution in [0.1, 0.15) is 11.3 Å². The summed E-state index contributed by atoms with van der Waals surface area (Å²) < 4.78 is 22.0. The molecule has 0 fully saturated rings. The summed E-state index contributed by atoms with van der Waals surface area (Å²) in [6.07, 6.45) is 5.19. The van der Waals surface area contributed by atoms with E-state index in [1.165, 1.54) is 11.8 Å². The molecule has 1 aromatic carbocycles. The predicted octanol–water partition coefficient (Wildman–Crippen LogP) is 3.56. The Morgan fingerprint density at radius 3 is 2.79 bits per heavy atom. The molecule has 7 heteroatoms. The van der Waals surface area contributed by atoms with Gasteiger partial charge in [-0.1, -0.05) is 6.07 Å². The Balaban J connectivity index is 1.60. The number of guanidine groups is 1. The van der Waals surface area contributed by atoms with Gasteiger partial charge in [0.15, 0.2) is 17.5 Å². The minimum Gasteiger partial charge on any atom is -0.453 e. The second-order valence-corrected chi connectivity index (χ2v) is 6.42. The summed E-state index contributed by atoms with van der Waals surface area (Å²) in [6, 6.07) is 12.5. The number of nitrogens with one attached hydrogen (secondary N) is 1. The molecular formula is C21H24FN5O. The first kappa shape index (κ1) is 19.4. The Kier molecular flexibility index (Phi) is 6.26. The second kappa shape index (κ2) is 9.03. The number of benzene rings is 1. The summed E-state index contributed by atoms with van der Waals surface area (Å²) >= 11 is 0. The molecule has 1 N–H and O–H groups in total. The molecule has 0 aliphatic carbocycles. The van der Waals surface area contributed by atoms with Crippen molar-refractivity contribution >= 4 is 5.96 Å². The molecule has 0 radical (unpaired) electrons. The molecule has 2 heterocycles. The number of pyridine rings is 1. The topological polar surface area (TPSA) is 54.7 Å². The summed E-state index contributed by atoms with van der Waals surface area (Å²) in [5.74, 6) is 0.976. The zero-order valence-electron chi connectivity index (χ0n) is 16.3. The molecule has 0 aliphatic heterocycles. The molecule has 0 saturated heterocycles. The van der Waals surface area contributed by atoms with Crippen LogP contribution in [0.5, 0.6) is 11.5 Å². The van der Waals surface area contributed by atoms with E-state index in [1.807, 2.05) is 37.3 Å². The molecule has 3 rings (SSSR count). The first-order valence-electron chi connectivity index (χ1n) is 8.95. The number of nitrogens with zero attached hydrogens (tertiary/aromatic N) is 4. The largest absolute Gasteiger partial charge is 0.453 e. The highest BCUT2D eigenvalue weighted by atomic mass is 19.1. The lowest BCUT2D eigenvalue weighted by Crippen LogP contribution is -2.38. The van der Waals surface area contributed by atoms with Gasteiger partial charge in [0.1, 0.15) is 5.75 Å². The molecular weight excluding hydrogens is 357 g/mol. The number of hydrogen-bond donors (Lipinski definition) is 1. The fourth-order valence-corrected chi connectivity index (χ4v) is 2.82. The molecule has 0 aliphatic rings. The lowest BCUT2D eigenvalue weighted by atomic mass is 10.2. The lowest BCUT2D eigenvalue weighted by Gasteiger charge is -2.22. The lowest BCUT2D eigenvalue weighted by molar-refractivity contribution is 0.439. The third-order valence-corrected chi connectivity index (χ3v) is 4.33. The van der Waals surface area contributed by atoms with Crippen molar-refractivity contribution in [2.75, 3.05) is 14.1 Å². The zero-order valence-corrected chi connectivity index (χ0v) is 16.3. The van der Waals surface area contributed by atoms with E-state index in [0.29, 0.717) is 12.3 Å². The third-order valence-electron chi connectivity index (χ3n) is 4.33. The smallest absolute Gasteiger partial charge is 0.194 e. The van der Waals surface area contributed by atoms with Crippen LogP contribution in [0, 0.1) is 5.82 Å². The van der Waals surface area contributed by atoms with Crippen LogP contribution >= 0.6 is 0 Å². The Hall–Kier alpha value is -3.35. The van der Waals surface area contributed by atoms with Gasteiger partial charge >= 0.3 is 0 Å². The maximum Gasteiger partial charge on any atom is 0.194 e. The number of aryl methyl sites for hydroxylation is 1. The fourth-order valence-electron chi connectivity index (χ4n) is 2.82. The van der Waals surface area contributed by atoms with E-state index in [4.69, 9.17) is 4.74 Å². The van der Waals surface area contributed by atoms with Crippen molar-refractivity contribution in [2.24, 2.45) is 12.0 Å². The fraction of sp³-hybridized carbons (Fsp3) is 0.238. The summed E-state index contributed by atoms with van der Waals surface area (Å²) in [5.41, 5.74) is 1.97. The van der Waals surface area contributed by atoms with Crippen LogP contribution < -0.4 is 10.1 Å². The van der Waals surface area contributed by atoms with Crippen molar-refractivity contribution in [3.05, 3.63) is 78.1 Å². The SMILES string of the molecule is CN=C(NCc1ccc(Oc2cccnc2)c(F)c1)N(C)Cc1cccn1C. The minimum absolute atomic E-state index is 0.168. The van der Waals surface area contributed by atoms with Gasteiger partial charge in [-0.05, 0) is 42.0 Å². The third kappa shape index (κ3) is 4.88. The number of aliphatic imine (C=N–C) groups is 1. The molecule has 3 aromatic rings. The van der Waals surface area contributed by atoms with E-state index in [1.54, 1.807) is 37.6 Å². The van der Waals surface area contributed by atoms with Gasteiger partial charge in [-0.2, -0.15) is 0 Å². The predicted molar refractivity (Wildman–Crippen MR) is 108 cm³/mol. The highest BCUT2D eigenvalue weighted by Gasteiger charge is 2.10. The molecule has 2 aromatic heterocycles. The molecule has 6 nitrogen and oxygen atoms in total. The summed E-state index contributed by atoms with van der Waals surface area (Å²) in [6.45, 7) is 1.17. The van der Waals surface area contributed by atoms with Crippen molar-refractivity contribution in [3.63, 3.8) is 0 Å². The summed E-state index contributed by atoms with van der Waals surface area (Å²) in [4.78, 5) is 10.3. The van der Waals surface area contributed by atoms with Gasteiger partial charge in [-0.25, -0.2) is 4.39 Å². The van der Waals surface area contributed by atoms with Crippen LogP contribution in [0.4, 0.5) is 4.39 Å². The number of hydrogen-bond acceptors (Lipinski definition) is 3. The van der Waals surface area contributed by atoms with Gasteiger partial charge in [-0.3, -0.25) is 9.98 Å². The van der Waals surface area contributed by atoms with Gasteiger partial charge < -0.3 is 19.5 Å². The molecule has 0 saturated carbocycles. The van der Waals surface area contributed by atoms with Crippen LogP contribution in [-0.4, -0.2) is 34.5 Å². The monoisotopic (exact) mass is 381 g/mol. The van der Waals surface area contributed by atoms with Crippen molar-refractivity contribution in [1.29, 1.82) is 0 Å². The highest BCUT2D eigenvalue weighted by molar-refractivity contribution is 5.79. The van der Waals surface area contributed by atoms with E-state index >= 15 is 0 Å². The van der Waals surface area contributed by atoms with Gasteiger partial charge in [0, 0.05) is 45.8 Å². The molecule has 0 amide bonds. The standard InChI is InChI=1S/C21H24FN5O/c1-23-21(27(3)15-17-6-5-11-26(17)2)25-13-16-8-9-20(19(22)12-16)28-18-7-4-10-24-14-18/h4-12,14H,13,15H2,1-3H3,(H,23,25). The molecule has 0 unspecified atom stereocenters. The maximum atomic E-state index is 14.4. The van der Waals surface area contributed by atoms with Crippen LogP contribution in [0.2, 0.25) is 0 Å². The summed E-state index contributed by atoms with van der Waals surface area (Å²) in [7, 11) is 5.71. The van der Waals surface area contributed by atoms with Crippen molar-refractivity contribution in [1.82, 2.24) is 19.8 Å². The number of ether oxygens (including phenoxy) is 1. The molecule has 0 atom stereocenters. The van der Waals surface area contributed by atoms with Crippen LogP contribution in [0.15, 0.2) is 66.0 Å². The molecule has 146 valence electrons. The Morgan fingerprint density at radius 2 is 2.14 bits per heavy atom. The molecule has 0 spiro atoms. The normalized spacial score (nSPS) is 11.4. The van der Waals surface area contributed by atoms with Crippen molar-refractivity contribution < 1.29 is 9.13 Å². The quantitative estimate of drug-likeness (QED) is 0.524. The highest BCUT2D eigenvalue weighted by Crippen LogP contribution is 2.24. The first-order valence-corrected chi connectivity index (χ1v) is 8.95. The van der Waals surface area contributed by atoms with Crippen molar-refractivity contribution in [3.8, 4) is 11.5 Å². The van der Waals surface area contributed by atoms with Gasteiger partial charge in [0.25, 0.3) is 0 Å². The summed E-state index contributed by atoms with van der Waals surface area (Å²) in [5, 5.41) is 3.26. The van der Waals surface area contributed by atoms with Gasteiger partial charge in [0.05, 0.1) is 12.7 Å². The maximum absolute atomic E-state index is 14.4. The Morgan fingerprint density at radius 1 is 1.29 bits per heavy atom. The van der Waals surface area contributed by atoms with Gasteiger partial charge in [0.2, 0.25) is 0 Å². The Bertz CT molecular complexity index is 939. The van der Waals surface area contributed by atoms with E-state index in [-0.39, 0.29) is 5.75 Å². The van der Waals surface area contributed by atoms with Gasteiger partial charge in [-0.15, -0.1) is 0 Å². The van der Waals surface area contributed by atoms with E-state index in [0.717, 1.165) is 18.1 Å². The number of halogens is 1. The van der Waals surface area contributed by atoms with E-state index < -0.39 is 5.82 Å². The van der Waals surface area contributed by atoms with Crippen LogP contribution in [0.3, 0.4) is 0 Å². The average molecular weight is 381 g/mol. The van der Waals surface area contributed by atoms with Crippen LogP contribution in [0.25, 0.3) is 0 Å². The first-order chi connectivity index (χ1) is 13.6. The van der Waals surface area contributed by atoms with Crippen LogP contribution in [-0.2, 0) is 20.1 Å². The number of rotatable bonds is 6. The van der Waals surface area contributed by atoms with Crippen molar-refractivity contribution in [2.45, 2.75) is 13.1 Å². The second-order valence-electron chi connectivity index (χ2n) is 6.42. The number of aromatic nitrogens is 2.